The maximum absolute atomic E-state index is 13.3. The van der Waals surface area contributed by atoms with Crippen LogP contribution in [0.5, 0.6) is 0 Å². The molecule has 0 spiro atoms. The molecule has 2 aromatic carbocycles. The SMILES string of the molecule is CC(C)CN(C(=O)CNc1ccc(F)cc1Cl)c1c(N)n(Cc2ccccc2)c(=O)[nH]c1=O. The number of nitrogens with one attached hydrogen (secondary N) is 2. The summed E-state index contributed by atoms with van der Waals surface area (Å²) in [5, 5.41) is 2.97. The van der Waals surface area contributed by atoms with Gasteiger partial charge in [-0.3, -0.25) is 19.1 Å². The van der Waals surface area contributed by atoms with Gasteiger partial charge in [0.05, 0.1) is 23.8 Å². The lowest BCUT2D eigenvalue weighted by Gasteiger charge is -2.26. The number of halogens is 2. The zero-order chi connectivity index (χ0) is 24.1. The van der Waals surface area contributed by atoms with Crippen LogP contribution in [-0.4, -0.2) is 28.5 Å². The normalized spacial score (nSPS) is 10.9. The molecule has 0 aliphatic heterocycles. The second-order valence-electron chi connectivity index (χ2n) is 7.94. The minimum absolute atomic E-state index is 0.00309. The fourth-order valence-corrected chi connectivity index (χ4v) is 3.58. The summed E-state index contributed by atoms with van der Waals surface area (Å²) in [5.74, 6) is -1.08. The summed E-state index contributed by atoms with van der Waals surface area (Å²) in [7, 11) is 0. The predicted octanol–water partition coefficient (Wildman–Crippen LogP) is 3.06. The number of aromatic nitrogens is 2. The Bertz CT molecular complexity index is 1260. The Morgan fingerprint density at radius 2 is 1.91 bits per heavy atom. The number of nitrogen functional groups attached to an aromatic ring is 1. The van der Waals surface area contributed by atoms with Crippen LogP contribution in [0.25, 0.3) is 0 Å². The van der Waals surface area contributed by atoms with E-state index in [9.17, 15) is 18.8 Å². The number of nitrogens with zero attached hydrogens (tertiary/aromatic N) is 2. The Kier molecular flexibility index (Phi) is 7.55. The van der Waals surface area contributed by atoms with Gasteiger partial charge in [-0.1, -0.05) is 55.8 Å². The van der Waals surface area contributed by atoms with Crippen LogP contribution in [-0.2, 0) is 11.3 Å². The van der Waals surface area contributed by atoms with Gasteiger partial charge in [0.2, 0.25) is 5.91 Å². The van der Waals surface area contributed by atoms with Gasteiger partial charge >= 0.3 is 5.69 Å². The van der Waals surface area contributed by atoms with Crippen molar-refractivity contribution in [3.8, 4) is 0 Å². The summed E-state index contributed by atoms with van der Waals surface area (Å²) in [5.41, 5.74) is 5.91. The van der Waals surface area contributed by atoms with E-state index in [0.717, 1.165) is 11.6 Å². The number of hydrogen-bond acceptors (Lipinski definition) is 5. The van der Waals surface area contributed by atoms with E-state index in [1.54, 1.807) is 0 Å². The van der Waals surface area contributed by atoms with E-state index in [4.69, 9.17) is 17.3 Å². The third-order valence-corrected chi connectivity index (χ3v) is 5.19. The molecule has 0 saturated heterocycles. The molecule has 0 atom stereocenters. The zero-order valence-corrected chi connectivity index (χ0v) is 19.0. The van der Waals surface area contributed by atoms with Gasteiger partial charge in [0, 0.05) is 6.54 Å². The molecule has 3 aromatic rings. The highest BCUT2D eigenvalue weighted by Gasteiger charge is 2.25. The van der Waals surface area contributed by atoms with Crippen LogP contribution in [0.1, 0.15) is 19.4 Å². The predicted molar refractivity (Wildman–Crippen MR) is 128 cm³/mol. The minimum atomic E-state index is -0.754. The highest BCUT2D eigenvalue weighted by Crippen LogP contribution is 2.23. The van der Waals surface area contributed by atoms with Crippen molar-refractivity contribution in [3.05, 3.63) is 85.8 Å². The summed E-state index contributed by atoms with van der Waals surface area (Å²) in [6.07, 6.45) is 0. The van der Waals surface area contributed by atoms with Gasteiger partial charge < -0.3 is 16.0 Å². The summed E-state index contributed by atoms with van der Waals surface area (Å²) in [6.45, 7) is 3.86. The molecule has 174 valence electrons. The van der Waals surface area contributed by atoms with Crippen molar-refractivity contribution in [2.45, 2.75) is 20.4 Å². The molecule has 3 rings (SSSR count). The van der Waals surface area contributed by atoms with E-state index in [1.165, 1.54) is 21.6 Å². The van der Waals surface area contributed by atoms with Crippen LogP contribution in [0.2, 0.25) is 5.02 Å². The van der Waals surface area contributed by atoms with E-state index in [2.05, 4.69) is 10.3 Å². The maximum atomic E-state index is 13.3. The molecule has 0 unspecified atom stereocenters. The second-order valence-corrected chi connectivity index (χ2v) is 8.35. The zero-order valence-electron chi connectivity index (χ0n) is 18.3. The van der Waals surface area contributed by atoms with Gasteiger partial charge in [0.15, 0.2) is 5.69 Å². The third-order valence-electron chi connectivity index (χ3n) is 4.88. The lowest BCUT2D eigenvalue weighted by molar-refractivity contribution is -0.117. The lowest BCUT2D eigenvalue weighted by Crippen LogP contribution is -2.44. The average Bonchev–Trinajstić information content (AvgIpc) is 2.75. The number of carbonyl (C=O) groups is 1. The molecule has 10 heteroatoms. The van der Waals surface area contributed by atoms with Crippen molar-refractivity contribution < 1.29 is 9.18 Å². The van der Waals surface area contributed by atoms with Crippen molar-refractivity contribution in [3.63, 3.8) is 0 Å². The molecule has 0 radical (unpaired) electrons. The topological polar surface area (TPSA) is 113 Å². The first-order valence-electron chi connectivity index (χ1n) is 10.3. The Hall–Kier alpha value is -3.59. The van der Waals surface area contributed by atoms with Crippen molar-refractivity contribution in [2.24, 2.45) is 5.92 Å². The van der Waals surface area contributed by atoms with Crippen molar-refractivity contribution in [2.75, 3.05) is 29.0 Å². The molecular weight excluding hydrogens is 449 g/mol. The van der Waals surface area contributed by atoms with Gasteiger partial charge in [-0.2, -0.15) is 0 Å². The monoisotopic (exact) mass is 473 g/mol. The molecule has 1 aromatic heterocycles. The van der Waals surface area contributed by atoms with Crippen molar-refractivity contribution in [1.29, 1.82) is 0 Å². The molecular formula is C23H25ClFN5O3. The van der Waals surface area contributed by atoms with E-state index >= 15 is 0 Å². The van der Waals surface area contributed by atoms with Crippen LogP contribution in [0.3, 0.4) is 0 Å². The number of anilines is 3. The number of rotatable bonds is 8. The van der Waals surface area contributed by atoms with E-state index in [0.29, 0.717) is 5.69 Å². The first kappa shape index (κ1) is 24.1. The smallest absolute Gasteiger partial charge is 0.330 e. The molecule has 1 amide bonds. The summed E-state index contributed by atoms with van der Waals surface area (Å²) >= 11 is 6.02. The molecule has 0 fully saturated rings. The van der Waals surface area contributed by atoms with Crippen LogP contribution in [0.15, 0.2) is 58.1 Å². The van der Waals surface area contributed by atoms with E-state index in [1.807, 2.05) is 44.2 Å². The summed E-state index contributed by atoms with van der Waals surface area (Å²) < 4.78 is 14.5. The third kappa shape index (κ3) is 5.81. The molecule has 0 bridgehead atoms. The molecule has 0 saturated carbocycles. The molecule has 0 aliphatic rings. The highest BCUT2D eigenvalue weighted by atomic mass is 35.5. The Labute approximate surface area is 194 Å². The number of amides is 1. The fourth-order valence-electron chi connectivity index (χ4n) is 3.34. The maximum Gasteiger partial charge on any atom is 0.330 e. The highest BCUT2D eigenvalue weighted by molar-refractivity contribution is 6.33. The number of carbonyl (C=O) groups excluding carboxylic acids is 1. The van der Waals surface area contributed by atoms with E-state index in [-0.39, 0.29) is 42.1 Å². The van der Waals surface area contributed by atoms with Crippen LogP contribution >= 0.6 is 11.6 Å². The van der Waals surface area contributed by atoms with Crippen LogP contribution in [0.4, 0.5) is 21.6 Å². The van der Waals surface area contributed by atoms with Gasteiger partial charge in [-0.25, -0.2) is 9.18 Å². The Morgan fingerprint density at radius 3 is 2.55 bits per heavy atom. The van der Waals surface area contributed by atoms with Crippen molar-refractivity contribution >= 4 is 34.7 Å². The molecule has 1 heterocycles. The van der Waals surface area contributed by atoms with Gasteiger partial charge in [0.1, 0.15) is 11.6 Å². The molecule has 33 heavy (non-hydrogen) atoms. The first-order valence-corrected chi connectivity index (χ1v) is 10.7. The van der Waals surface area contributed by atoms with Gasteiger partial charge in [-0.05, 0) is 29.7 Å². The standard InChI is InChI=1S/C23H25ClFN5O3/c1-14(2)12-29(19(31)11-27-18-9-8-16(25)10-17(18)24)20-21(26)30(23(33)28-22(20)32)13-15-6-4-3-5-7-15/h3-10,14,27H,11-13,26H2,1-2H3,(H,28,32,33). The largest absolute Gasteiger partial charge is 0.383 e. The fraction of sp³-hybridized carbons (Fsp3) is 0.261. The first-order chi connectivity index (χ1) is 15.7. The second kappa shape index (κ2) is 10.4. The quantitative estimate of drug-likeness (QED) is 0.465. The van der Waals surface area contributed by atoms with Gasteiger partial charge in [0.25, 0.3) is 5.56 Å². The number of benzene rings is 2. The molecule has 0 aliphatic carbocycles. The van der Waals surface area contributed by atoms with Crippen LogP contribution < -0.4 is 27.2 Å². The number of H-pyrrole nitrogens is 1. The number of nitrogens with two attached hydrogens (primary N) is 1. The van der Waals surface area contributed by atoms with Gasteiger partial charge in [-0.15, -0.1) is 0 Å². The number of aromatic amines is 1. The molecule has 4 N–H and O–H groups in total. The minimum Gasteiger partial charge on any atom is -0.383 e. The van der Waals surface area contributed by atoms with Crippen LogP contribution in [0, 0.1) is 11.7 Å². The van der Waals surface area contributed by atoms with E-state index < -0.39 is 23.0 Å². The molecule has 8 nitrogen and oxygen atoms in total. The number of hydrogen-bond donors (Lipinski definition) is 3. The Balaban J connectivity index is 1.95. The summed E-state index contributed by atoms with van der Waals surface area (Å²) in [4.78, 5) is 41.9. The van der Waals surface area contributed by atoms with Crippen molar-refractivity contribution in [1.82, 2.24) is 9.55 Å². The average molecular weight is 474 g/mol. The summed E-state index contributed by atoms with van der Waals surface area (Å²) in [6, 6.07) is 12.9. The Morgan fingerprint density at radius 1 is 1.21 bits per heavy atom. The lowest BCUT2D eigenvalue weighted by atomic mass is 10.2.